The van der Waals surface area contributed by atoms with Crippen molar-refractivity contribution in [1.29, 1.82) is 0 Å². The second-order valence-corrected chi connectivity index (χ2v) is 7.01. The number of benzene rings is 2. The zero-order chi connectivity index (χ0) is 18.0. The van der Waals surface area contributed by atoms with Crippen LogP contribution in [-0.2, 0) is 0 Å². The molecule has 130 valence electrons. The van der Waals surface area contributed by atoms with E-state index in [4.69, 9.17) is 9.47 Å². The number of hydrogen-bond acceptors (Lipinski definition) is 5. The molecule has 3 rings (SSSR count). The van der Waals surface area contributed by atoms with Gasteiger partial charge in [0.05, 0.1) is 24.4 Å². The van der Waals surface area contributed by atoms with Crippen molar-refractivity contribution < 1.29 is 14.3 Å². The van der Waals surface area contributed by atoms with Crippen LogP contribution in [0.15, 0.2) is 40.9 Å². The molecular weight excluding hydrogens is 404 g/mol. The van der Waals surface area contributed by atoms with Gasteiger partial charge in [0.15, 0.2) is 5.13 Å². The summed E-state index contributed by atoms with van der Waals surface area (Å²) in [6, 6.07) is 11.2. The number of hydrogen-bond donors (Lipinski definition) is 0. The summed E-state index contributed by atoms with van der Waals surface area (Å²) >= 11 is 4.92. The molecule has 0 N–H and O–H groups in total. The number of carbonyl (C=O) groups excluding carboxylic acids is 1. The maximum absolute atomic E-state index is 13.1. The Hall–Kier alpha value is -2.12. The Morgan fingerprint density at radius 2 is 1.84 bits per heavy atom. The normalized spacial score (nSPS) is 10.7. The van der Waals surface area contributed by atoms with E-state index in [-0.39, 0.29) is 5.91 Å². The van der Waals surface area contributed by atoms with Gasteiger partial charge in [-0.3, -0.25) is 9.69 Å². The molecule has 7 heteroatoms. The Kier molecular flexibility index (Phi) is 5.24. The second-order valence-electron chi connectivity index (χ2n) is 5.21. The van der Waals surface area contributed by atoms with Crippen LogP contribution >= 0.6 is 27.3 Å². The quantitative estimate of drug-likeness (QED) is 0.597. The lowest BCUT2D eigenvalue weighted by atomic mass is 10.1. The highest BCUT2D eigenvalue weighted by molar-refractivity contribution is 9.10. The minimum Gasteiger partial charge on any atom is -0.495 e. The van der Waals surface area contributed by atoms with Crippen LogP contribution in [-0.4, -0.2) is 31.7 Å². The van der Waals surface area contributed by atoms with Gasteiger partial charge in [0, 0.05) is 12.1 Å². The second kappa shape index (κ2) is 7.41. The summed E-state index contributed by atoms with van der Waals surface area (Å²) < 4.78 is 12.4. The van der Waals surface area contributed by atoms with Crippen LogP contribution in [0, 0.1) is 0 Å². The van der Waals surface area contributed by atoms with Crippen LogP contribution in [0.5, 0.6) is 11.5 Å². The third-order valence-corrected chi connectivity index (χ3v) is 5.61. The third-order valence-electron chi connectivity index (χ3n) is 3.77. The number of rotatable bonds is 5. The number of amides is 1. The first kappa shape index (κ1) is 17.7. The Balaban J connectivity index is 2.02. The lowest BCUT2D eigenvalue weighted by Crippen LogP contribution is -2.30. The number of methoxy groups -OCH3 is 2. The first-order chi connectivity index (χ1) is 12.1. The number of carbonyl (C=O) groups is 1. The van der Waals surface area contributed by atoms with Gasteiger partial charge in [0.1, 0.15) is 16.0 Å². The summed E-state index contributed by atoms with van der Waals surface area (Å²) in [5.41, 5.74) is 1.37. The summed E-state index contributed by atoms with van der Waals surface area (Å²) in [7, 11) is 3.11. The molecule has 1 heterocycles. The van der Waals surface area contributed by atoms with E-state index in [0.717, 1.165) is 10.2 Å². The maximum Gasteiger partial charge on any atom is 0.260 e. The lowest BCUT2D eigenvalue weighted by molar-refractivity contribution is 0.0987. The van der Waals surface area contributed by atoms with Crippen LogP contribution in [0.1, 0.15) is 17.3 Å². The van der Waals surface area contributed by atoms with Gasteiger partial charge in [-0.1, -0.05) is 23.5 Å². The molecule has 1 amide bonds. The molecule has 5 nitrogen and oxygen atoms in total. The number of aromatic nitrogens is 1. The molecule has 0 saturated carbocycles. The van der Waals surface area contributed by atoms with E-state index in [1.54, 1.807) is 31.3 Å². The highest BCUT2D eigenvalue weighted by Crippen LogP contribution is 2.37. The van der Waals surface area contributed by atoms with E-state index in [0.29, 0.717) is 33.2 Å². The zero-order valence-electron chi connectivity index (χ0n) is 14.1. The minimum atomic E-state index is -0.148. The van der Waals surface area contributed by atoms with Crippen molar-refractivity contribution >= 4 is 48.5 Å². The molecule has 0 aliphatic heterocycles. The van der Waals surface area contributed by atoms with Gasteiger partial charge in [-0.2, -0.15) is 0 Å². The fraction of sp³-hybridized carbons (Fsp3) is 0.222. The molecule has 3 aromatic rings. The number of thiazole rings is 1. The molecule has 0 aliphatic carbocycles. The molecular formula is C18H17BrN2O3S. The third kappa shape index (κ3) is 3.34. The average Bonchev–Trinajstić information content (AvgIpc) is 3.06. The molecule has 1 aromatic heterocycles. The largest absolute Gasteiger partial charge is 0.495 e. The average molecular weight is 421 g/mol. The number of fused-ring (bicyclic) bond motifs is 1. The van der Waals surface area contributed by atoms with Gasteiger partial charge in [-0.05, 0) is 47.1 Å². The number of para-hydroxylation sites is 1. The van der Waals surface area contributed by atoms with Gasteiger partial charge in [0.25, 0.3) is 5.91 Å². The van der Waals surface area contributed by atoms with Crippen molar-refractivity contribution in [3.05, 3.63) is 46.4 Å². The van der Waals surface area contributed by atoms with Crippen molar-refractivity contribution in [1.82, 2.24) is 4.98 Å². The fourth-order valence-electron chi connectivity index (χ4n) is 2.49. The van der Waals surface area contributed by atoms with Crippen LogP contribution in [0.4, 0.5) is 5.13 Å². The fourth-order valence-corrected chi connectivity index (χ4v) is 4.07. The van der Waals surface area contributed by atoms with E-state index in [2.05, 4.69) is 20.9 Å². The monoisotopic (exact) mass is 420 g/mol. The van der Waals surface area contributed by atoms with Crippen molar-refractivity contribution in [3.63, 3.8) is 0 Å². The minimum absolute atomic E-state index is 0.148. The van der Waals surface area contributed by atoms with Gasteiger partial charge in [-0.15, -0.1) is 0 Å². The molecule has 0 atom stereocenters. The summed E-state index contributed by atoms with van der Waals surface area (Å²) in [5, 5.41) is 0.676. The smallest absolute Gasteiger partial charge is 0.260 e. The van der Waals surface area contributed by atoms with Crippen molar-refractivity contribution in [2.75, 3.05) is 25.7 Å². The molecule has 2 aromatic carbocycles. The van der Waals surface area contributed by atoms with E-state index in [1.165, 1.54) is 11.3 Å². The topological polar surface area (TPSA) is 51.7 Å². The molecule has 25 heavy (non-hydrogen) atoms. The summed E-state index contributed by atoms with van der Waals surface area (Å²) in [6.07, 6.45) is 0. The first-order valence-corrected chi connectivity index (χ1v) is 9.29. The molecule has 0 radical (unpaired) electrons. The Morgan fingerprint density at radius 1 is 1.20 bits per heavy atom. The highest BCUT2D eigenvalue weighted by Gasteiger charge is 2.22. The highest BCUT2D eigenvalue weighted by atomic mass is 79.9. The molecule has 0 saturated heterocycles. The van der Waals surface area contributed by atoms with E-state index in [1.807, 2.05) is 31.2 Å². The van der Waals surface area contributed by atoms with Gasteiger partial charge < -0.3 is 9.47 Å². The predicted molar refractivity (Wildman–Crippen MR) is 104 cm³/mol. The van der Waals surface area contributed by atoms with Crippen molar-refractivity contribution in [2.45, 2.75) is 6.92 Å². The Bertz CT molecular complexity index is 868. The van der Waals surface area contributed by atoms with E-state index in [9.17, 15) is 4.79 Å². The predicted octanol–water partition coefficient (Wildman–Crippen LogP) is 4.74. The number of nitrogens with zero attached hydrogens (tertiary/aromatic N) is 2. The zero-order valence-corrected chi connectivity index (χ0v) is 16.5. The van der Waals surface area contributed by atoms with Crippen LogP contribution < -0.4 is 14.4 Å². The first-order valence-electron chi connectivity index (χ1n) is 7.68. The molecule has 0 unspecified atom stereocenters. The lowest BCUT2D eigenvalue weighted by Gasteiger charge is -2.19. The molecule has 0 aliphatic rings. The number of ether oxygens (including phenoxy) is 2. The molecule has 0 spiro atoms. The number of halogens is 1. The summed E-state index contributed by atoms with van der Waals surface area (Å²) in [6.45, 7) is 2.44. The van der Waals surface area contributed by atoms with Gasteiger partial charge in [-0.25, -0.2) is 4.98 Å². The Morgan fingerprint density at radius 3 is 2.40 bits per heavy atom. The van der Waals surface area contributed by atoms with Crippen molar-refractivity contribution in [3.8, 4) is 11.5 Å². The standard InChI is InChI=1S/C18H17BrN2O3S/c1-4-21(18-20-12-7-5-6-8-15(12)25-18)17(22)11-9-13(23-2)16(19)14(10-11)24-3/h5-10H,4H2,1-3H3. The van der Waals surface area contributed by atoms with Crippen LogP contribution in [0.2, 0.25) is 0 Å². The van der Waals surface area contributed by atoms with Crippen LogP contribution in [0.25, 0.3) is 10.2 Å². The Labute approximate surface area is 158 Å². The van der Waals surface area contributed by atoms with Gasteiger partial charge >= 0.3 is 0 Å². The number of anilines is 1. The SMILES string of the molecule is CCN(C(=O)c1cc(OC)c(Br)c(OC)c1)c1nc2ccccc2s1. The van der Waals surface area contributed by atoms with Crippen LogP contribution in [0.3, 0.4) is 0 Å². The van der Waals surface area contributed by atoms with E-state index >= 15 is 0 Å². The van der Waals surface area contributed by atoms with E-state index < -0.39 is 0 Å². The summed E-state index contributed by atoms with van der Waals surface area (Å²) in [4.78, 5) is 19.3. The summed E-state index contributed by atoms with van der Waals surface area (Å²) in [5.74, 6) is 0.941. The molecule has 0 fully saturated rings. The van der Waals surface area contributed by atoms with Gasteiger partial charge in [0.2, 0.25) is 0 Å². The van der Waals surface area contributed by atoms with Crippen molar-refractivity contribution in [2.24, 2.45) is 0 Å². The maximum atomic E-state index is 13.1. The molecule has 0 bridgehead atoms.